The first-order valence-corrected chi connectivity index (χ1v) is 8.16. The summed E-state index contributed by atoms with van der Waals surface area (Å²) in [6, 6.07) is 13.8. The molecule has 2 aromatic rings. The molecule has 0 spiro atoms. The van der Waals surface area contributed by atoms with E-state index in [-0.39, 0.29) is 11.8 Å². The van der Waals surface area contributed by atoms with Gasteiger partial charge in [-0.15, -0.1) is 11.3 Å². The third kappa shape index (κ3) is 3.71. The Bertz CT molecular complexity index is 578. The van der Waals surface area contributed by atoms with Crippen LogP contribution in [-0.4, -0.2) is 22.5 Å². The number of nitrogens with zero attached hydrogens (tertiary/aromatic N) is 1. The minimum Gasteiger partial charge on any atom is -0.386 e. The van der Waals surface area contributed by atoms with Crippen molar-refractivity contribution in [1.82, 2.24) is 4.90 Å². The number of hydrogen-bond donors (Lipinski definition) is 1. The average Bonchev–Trinajstić information content (AvgIpc) is 3.21. The highest BCUT2D eigenvalue weighted by molar-refractivity contribution is 7.10. The topological polar surface area (TPSA) is 40.5 Å². The first kappa shape index (κ1) is 14.3. The van der Waals surface area contributed by atoms with Gasteiger partial charge in [-0.05, 0) is 29.9 Å². The van der Waals surface area contributed by atoms with Crippen LogP contribution < -0.4 is 0 Å². The van der Waals surface area contributed by atoms with Gasteiger partial charge in [-0.1, -0.05) is 36.4 Å². The van der Waals surface area contributed by atoms with Crippen molar-refractivity contribution in [2.45, 2.75) is 25.5 Å². The van der Waals surface area contributed by atoms with E-state index in [0.29, 0.717) is 13.1 Å². The molecule has 1 aromatic heterocycles. The lowest BCUT2D eigenvalue weighted by Crippen LogP contribution is -2.35. The van der Waals surface area contributed by atoms with Gasteiger partial charge in [0.15, 0.2) is 0 Å². The van der Waals surface area contributed by atoms with E-state index < -0.39 is 6.10 Å². The molecule has 0 aliphatic heterocycles. The minimum absolute atomic E-state index is 0.171. The first-order chi connectivity index (χ1) is 10.2. The second kappa shape index (κ2) is 6.41. The van der Waals surface area contributed by atoms with Gasteiger partial charge in [0.1, 0.15) is 6.10 Å². The Morgan fingerprint density at radius 2 is 2.00 bits per heavy atom. The van der Waals surface area contributed by atoms with Crippen molar-refractivity contribution in [1.29, 1.82) is 0 Å². The molecule has 3 nitrogen and oxygen atoms in total. The molecule has 1 saturated carbocycles. The number of thiophene rings is 1. The summed E-state index contributed by atoms with van der Waals surface area (Å²) < 4.78 is 0. The zero-order valence-electron chi connectivity index (χ0n) is 11.8. The molecule has 1 aromatic carbocycles. The Hall–Kier alpha value is -1.65. The van der Waals surface area contributed by atoms with Gasteiger partial charge in [-0.25, -0.2) is 0 Å². The molecule has 0 unspecified atom stereocenters. The van der Waals surface area contributed by atoms with Crippen molar-refractivity contribution in [2.75, 3.05) is 6.54 Å². The molecule has 0 radical (unpaired) electrons. The van der Waals surface area contributed by atoms with Crippen LogP contribution in [0.15, 0.2) is 47.8 Å². The lowest BCUT2D eigenvalue weighted by molar-refractivity contribution is -0.134. The number of rotatable bonds is 6. The molecule has 3 rings (SSSR count). The lowest BCUT2D eigenvalue weighted by atomic mass is 10.1. The smallest absolute Gasteiger partial charge is 0.226 e. The van der Waals surface area contributed by atoms with E-state index in [4.69, 9.17) is 0 Å². The summed E-state index contributed by atoms with van der Waals surface area (Å²) >= 11 is 1.53. The maximum Gasteiger partial charge on any atom is 0.226 e. The van der Waals surface area contributed by atoms with Crippen LogP contribution >= 0.6 is 11.3 Å². The molecule has 1 fully saturated rings. The molecule has 21 heavy (non-hydrogen) atoms. The van der Waals surface area contributed by atoms with E-state index >= 15 is 0 Å². The summed E-state index contributed by atoms with van der Waals surface area (Å²) in [5.74, 6) is 0.346. The van der Waals surface area contributed by atoms with Crippen molar-refractivity contribution >= 4 is 17.2 Å². The van der Waals surface area contributed by atoms with Crippen molar-refractivity contribution in [3.8, 4) is 0 Å². The van der Waals surface area contributed by atoms with E-state index in [1.807, 2.05) is 47.8 Å². The van der Waals surface area contributed by atoms with Crippen molar-refractivity contribution in [2.24, 2.45) is 5.92 Å². The van der Waals surface area contributed by atoms with Gasteiger partial charge < -0.3 is 10.0 Å². The van der Waals surface area contributed by atoms with Crippen molar-refractivity contribution < 1.29 is 9.90 Å². The maximum absolute atomic E-state index is 12.4. The predicted molar refractivity (Wildman–Crippen MR) is 83.9 cm³/mol. The molecule has 1 atom stereocenters. The minimum atomic E-state index is -0.601. The summed E-state index contributed by atoms with van der Waals surface area (Å²) in [6.45, 7) is 0.934. The number of aliphatic hydroxyl groups excluding tert-OH is 1. The first-order valence-electron chi connectivity index (χ1n) is 7.28. The van der Waals surface area contributed by atoms with E-state index in [9.17, 15) is 9.90 Å². The predicted octanol–water partition coefficient (Wildman–Crippen LogP) is 3.22. The zero-order chi connectivity index (χ0) is 14.7. The van der Waals surface area contributed by atoms with Gasteiger partial charge in [-0.2, -0.15) is 0 Å². The van der Waals surface area contributed by atoms with E-state index in [1.165, 1.54) is 11.3 Å². The lowest BCUT2D eigenvalue weighted by Gasteiger charge is -2.25. The SMILES string of the molecule is O=C(C1CC1)N(Cc1ccccc1)C[C@@H](O)c1cccs1. The molecule has 1 N–H and O–H groups in total. The van der Waals surface area contributed by atoms with Crippen molar-refractivity contribution in [3.05, 3.63) is 58.3 Å². The van der Waals surface area contributed by atoms with Crippen LogP contribution in [0.4, 0.5) is 0 Å². The Kier molecular flexibility index (Phi) is 4.36. The van der Waals surface area contributed by atoms with Gasteiger partial charge in [0.2, 0.25) is 5.91 Å². The zero-order valence-corrected chi connectivity index (χ0v) is 12.6. The third-order valence-corrected chi connectivity index (χ3v) is 4.69. The van der Waals surface area contributed by atoms with E-state index in [0.717, 1.165) is 23.3 Å². The van der Waals surface area contributed by atoms with Gasteiger partial charge >= 0.3 is 0 Å². The molecular weight excluding hydrogens is 282 g/mol. The summed E-state index contributed by atoms with van der Waals surface area (Å²) in [5, 5.41) is 12.3. The molecule has 0 bridgehead atoms. The highest BCUT2D eigenvalue weighted by atomic mass is 32.1. The standard InChI is InChI=1S/C17H19NO2S/c19-15(16-7-4-10-21-16)12-18(17(20)14-8-9-14)11-13-5-2-1-3-6-13/h1-7,10,14-15,19H,8-9,11-12H2/t15-/m1/s1. The largest absolute Gasteiger partial charge is 0.386 e. The molecule has 1 aliphatic rings. The van der Waals surface area contributed by atoms with Crippen molar-refractivity contribution in [3.63, 3.8) is 0 Å². The van der Waals surface area contributed by atoms with Crippen LogP contribution in [0.1, 0.15) is 29.4 Å². The number of benzene rings is 1. The molecule has 1 amide bonds. The Labute approximate surface area is 128 Å². The normalized spacial score (nSPS) is 15.7. The number of amides is 1. The summed E-state index contributed by atoms with van der Waals surface area (Å²) in [5.41, 5.74) is 1.10. The summed E-state index contributed by atoms with van der Waals surface area (Å²) in [4.78, 5) is 15.1. The maximum atomic E-state index is 12.4. The van der Waals surface area contributed by atoms with E-state index in [2.05, 4.69) is 0 Å². The fraction of sp³-hybridized carbons (Fsp3) is 0.353. The molecule has 0 saturated heterocycles. The van der Waals surface area contributed by atoms with Gasteiger partial charge in [0, 0.05) is 17.3 Å². The molecule has 1 heterocycles. The number of aliphatic hydroxyl groups is 1. The Balaban J connectivity index is 1.71. The van der Waals surface area contributed by atoms with Gasteiger partial charge in [0.25, 0.3) is 0 Å². The Morgan fingerprint density at radius 1 is 1.24 bits per heavy atom. The molecular formula is C17H19NO2S. The summed E-state index contributed by atoms with van der Waals surface area (Å²) in [6.07, 6.45) is 1.37. The van der Waals surface area contributed by atoms with Gasteiger partial charge in [-0.3, -0.25) is 4.79 Å². The molecule has 110 valence electrons. The second-order valence-corrected chi connectivity index (χ2v) is 6.49. The molecule has 1 aliphatic carbocycles. The average molecular weight is 301 g/mol. The number of carbonyl (C=O) groups is 1. The highest BCUT2D eigenvalue weighted by Crippen LogP contribution is 2.32. The fourth-order valence-electron chi connectivity index (χ4n) is 2.40. The van der Waals surface area contributed by atoms with Crippen LogP contribution in [0, 0.1) is 5.92 Å². The molecule has 4 heteroatoms. The Morgan fingerprint density at radius 3 is 2.62 bits per heavy atom. The van der Waals surface area contributed by atoms with Crippen LogP contribution in [0.2, 0.25) is 0 Å². The quantitative estimate of drug-likeness (QED) is 0.890. The summed E-state index contributed by atoms with van der Waals surface area (Å²) in [7, 11) is 0. The highest BCUT2D eigenvalue weighted by Gasteiger charge is 2.34. The fourth-order valence-corrected chi connectivity index (χ4v) is 3.11. The monoisotopic (exact) mass is 301 g/mol. The third-order valence-electron chi connectivity index (χ3n) is 3.72. The second-order valence-electron chi connectivity index (χ2n) is 5.51. The van der Waals surface area contributed by atoms with Crippen LogP contribution in [0.3, 0.4) is 0 Å². The van der Waals surface area contributed by atoms with Gasteiger partial charge in [0.05, 0.1) is 6.54 Å². The number of hydrogen-bond acceptors (Lipinski definition) is 3. The van der Waals surface area contributed by atoms with Crippen LogP contribution in [-0.2, 0) is 11.3 Å². The van der Waals surface area contributed by atoms with E-state index in [1.54, 1.807) is 4.90 Å². The number of carbonyl (C=O) groups excluding carboxylic acids is 1. The van der Waals surface area contributed by atoms with Crippen LogP contribution in [0.5, 0.6) is 0 Å². The van der Waals surface area contributed by atoms with Crippen LogP contribution in [0.25, 0.3) is 0 Å².